The van der Waals surface area contributed by atoms with Crippen molar-refractivity contribution < 1.29 is 0 Å². The Labute approximate surface area is 93.7 Å². The third-order valence-electron chi connectivity index (χ3n) is 3.19. The number of nitrogens with zero attached hydrogens (tertiary/aromatic N) is 3. The van der Waals surface area contributed by atoms with Gasteiger partial charge in [0.25, 0.3) is 0 Å². The third kappa shape index (κ3) is 1.40. The quantitative estimate of drug-likeness (QED) is 0.757. The summed E-state index contributed by atoms with van der Waals surface area (Å²) in [6.45, 7) is 2.56. The number of hydrogen-bond acceptors (Lipinski definition) is 4. The van der Waals surface area contributed by atoms with Crippen molar-refractivity contribution in [3.05, 3.63) is 29.7 Å². The Bertz CT molecular complexity index is 498. The minimum Gasteiger partial charge on any atom is -0.326 e. The van der Waals surface area contributed by atoms with E-state index in [-0.39, 0.29) is 0 Å². The summed E-state index contributed by atoms with van der Waals surface area (Å²) in [4.78, 5) is 0. The summed E-state index contributed by atoms with van der Waals surface area (Å²) in [6, 6.07) is 4.01. The highest BCUT2D eigenvalue weighted by Crippen LogP contribution is 2.21. The van der Waals surface area contributed by atoms with Crippen LogP contribution in [0.1, 0.15) is 23.7 Å². The molecule has 2 aromatic rings. The lowest BCUT2D eigenvalue weighted by Gasteiger charge is -2.06. The first-order chi connectivity index (χ1) is 7.90. The highest BCUT2D eigenvalue weighted by molar-refractivity contribution is 5.47. The molecule has 1 atom stereocenters. The summed E-state index contributed by atoms with van der Waals surface area (Å²) in [7, 11) is 0. The predicted molar refractivity (Wildman–Crippen MR) is 61.1 cm³/mol. The van der Waals surface area contributed by atoms with Crippen molar-refractivity contribution in [2.45, 2.75) is 18.9 Å². The first kappa shape index (κ1) is 9.74. The molecule has 5 nitrogen and oxygen atoms in total. The number of fused-ring (bicyclic) bond motifs is 1. The summed E-state index contributed by atoms with van der Waals surface area (Å²) in [5, 5.41) is 11.9. The van der Waals surface area contributed by atoms with Gasteiger partial charge in [0.05, 0.1) is 0 Å². The second-order valence-corrected chi connectivity index (χ2v) is 4.18. The molecule has 0 aromatic carbocycles. The molecule has 3 rings (SSSR count). The largest absolute Gasteiger partial charge is 0.326 e. The Morgan fingerprint density at radius 3 is 3.19 bits per heavy atom. The molecule has 0 saturated carbocycles. The van der Waals surface area contributed by atoms with Crippen LogP contribution in [0.25, 0.3) is 5.65 Å². The maximum Gasteiger partial charge on any atom is 0.165 e. The SMILES string of the molecule is NCc1cccn2c(C3CCNC3)nnc12. The van der Waals surface area contributed by atoms with Crippen LogP contribution in [0, 0.1) is 0 Å². The molecule has 3 N–H and O–H groups in total. The number of aromatic nitrogens is 3. The fourth-order valence-corrected chi connectivity index (χ4v) is 2.30. The second-order valence-electron chi connectivity index (χ2n) is 4.18. The van der Waals surface area contributed by atoms with Gasteiger partial charge in [-0.25, -0.2) is 0 Å². The fraction of sp³-hybridized carbons (Fsp3) is 0.455. The molecule has 3 heterocycles. The van der Waals surface area contributed by atoms with Gasteiger partial charge in [0.15, 0.2) is 5.65 Å². The van der Waals surface area contributed by atoms with E-state index in [1.165, 1.54) is 0 Å². The zero-order valence-corrected chi connectivity index (χ0v) is 9.06. The van der Waals surface area contributed by atoms with Crippen molar-refractivity contribution >= 4 is 5.65 Å². The average Bonchev–Trinajstić information content (AvgIpc) is 2.96. The maximum atomic E-state index is 5.69. The van der Waals surface area contributed by atoms with Gasteiger partial charge in [-0.1, -0.05) is 6.07 Å². The number of nitrogens with two attached hydrogens (primary N) is 1. The van der Waals surface area contributed by atoms with E-state index in [2.05, 4.69) is 19.9 Å². The van der Waals surface area contributed by atoms with Crippen LogP contribution >= 0.6 is 0 Å². The van der Waals surface area contributed by atoms with Crippen molar-refractivity contribution in [1.29, 1.82) is 0 Å². The van der Waals surface area contributed by atoms with Gasteiger partial charge in [-0.05, 0) is 19.0 Å². The van der Waals surface area contributed by atoms with E-state index in [1.807, 2.05) is 18.3 Å². The Morgan fingerprint density at radius 1 is 1.50 bits per heavy atom. The molecule has 1 saturated heterocycles. The molecule has 1 aliphatic heterocycles. The van der Waals surface area contributed by atoms with Crippen LogP contribution in [0.3, 0.4) is 0 Å². The Morgan fingerprint density at radius 2 is 2.44 bits per heavy atom. The van der Waals surface area contributed by atoms with Gasteiger partial charge in [-0.2, -0.15) is 0 Å². The van der Waals surface area contributed by atoms with E-state index in [0.29, 0.717) is 12.5 Å². The molecule has 5 heteroatoms. The van der Waals surface area contributed by atoms with Crippen LogP contribution in [-0.2, 0) is 6.54 Å². The molecule has 0 spiro atoms. The number of pyridine rings is 1. The average molecular weight is 217 g/mol. The van der Waals surface area contributed by atoms with Gasteiger partial charge in [-0.15, -0.1) is 10.2 Å². The molecule has 1 aliphatic rings. The van der Waals surface area contributed by atoms with Gasteiger partial charge >= 0.3 is 0 Å². The highest BCUT2D eigenvalue weighted by Gasteiger charge is 2.22. The molecule has 0 radical (unpaired) electrons. The normalized spacial score (nSPS) is 20.7. The molecule has 16 heavy (non-hydrogen) atoms. The minimum absolute atomic E-state index is 0.475. The van der Waals surface area contributed by atoms with Crippen molar-refractivity contribution in [3.63, 3.8) is 0 Å². The Hall–Kier alpha value is -1.46. The lowest BCUT2D eigenvalue weighted by atomic mass is 10.1. The predicted octanol–water partition coefficient (Wildman–Crippen LogP) is 0.265. The number of rotatable bonds is 2. The highest BCUT2D eigenvalue weighted by atomic mass is 15.3. The first-order valence-corrected chi connectivity index (χ1v) is 5.63. The third-order valence-corrected chi connectivity index (χ3v) is 3.19. The van der Waals surface area contributed by atoms with E-state index in [1.54, 1.807) is 0 Å². The molecule has 84 valence electrons. The molecular formula is C11H15N5. The summed E-state index contributed by atoms with van der Waals surface area (Å²) in [5.41, 5.74) is 7.63. The zero-order chi connectivity index (χ0) is 11.0. The molecular weight excluding hydrogens is 202 g/mol. The summed E-state index contributed by atoms with van der Waals surface area (Å²) < 4.78 is 2.07. The maximum absolute atomic E-state index is 5.69. The Balaban J connectivity index is 2.12. The van der Waals surface area contributed by atoms with Crippen molar-refractivity contribution in [1.82, 2.24) is 19.9 Å². The Kier molecular flexibility index (Phi) is 2.34. The topological polar surface area (TPSA) is 68.2 Å². The summed E-state index contributed by atoms with van der Waals surface area (Å²) in [6.07, 6.45) is 3.15. The monoisotopic (exact) mass is 217 g/mol. The first-order valence-electron chi connectivity index (χ1n) is 5.63. The lowest BCUT2D eigenvalue weighted by molar-refractivity contribution is 0.691. The molecule has 1 fully saturated rings. The smallest absolute Gasteiger partial charge is 0.165 e. The number of hydrogen-bond donors (Lipinski definition) is 2. The van der Waals surface area contributed by atoms with Crippen LogP contribution in [0.4, 0.5) is 0 Å². The fourth-order valence-electron chi connectivity index (χ4n) is 2.30. The van der Waals surface area contributed by atoms with Crippen LogP contribution in [0.5, 0.6) is 0 Å². The molecule has 0 amide bonds. The van der Waals surface area contributed by atoms with Crippen molar-refractivity contribution in [2.75, 3.05) is 13.1 Å². The summed E-state index contributed by atoms with van der Waals surface area (Å²) in [5.74, 6) is 1.53. The van der Waals surface area contributed by atoms with Crippen LogP contribution in [-0.4, -0.2) is 27.7 Å². The molecule has 1 unspecified atom stereocenters. The van der Waals surface area contributed by atoms with E-state index >= 15 is 0 Å². The molecule has 2 aromatic heterocycles. The van der Waals surface area contributed by atoms with Gasteiger partial charge in [-0.3, -0.25) is 4.40 Å². The van der Waals surface area contributed by atoms with Crippen LogP contribution < -0.4 is 11.1 Å². The lowest BCUT2D eigenvalue weighted by Crippen LogP contribution is -2.10. The molecule has 0 bridgehead atoms. The molecule has 0 aliphatic carbocycles. The van der Waals surface area contributed by atoms with Gasteiger partial charge in [0.1, 0.15) is 5.82 Å². The second kappa shape index (κ2) is 3.84. The standard InChI is InChI=1S/C11H15N5/c12-6-8-2-1-5-16-10(8)14-15-11(16)9-3-4-13-7-9/h1-2,5,9,13H,3-4,6-7,12H2. The van der Waals surface area contributed by atoms with E-state index in [4.69, 9.17) is 5.73 Å². The van der Waals surface area contributed by atoms with Gasteiger partial charge in [0, 0.05) is 30.8 Å². The minimum atomic E-state index is 0.475. The van der Waals surface area contributed by atoms with Crippen LogP contribution in [0.2, 0.25) is 0 Å². The number of nitrogens with one attached hydrogen (secondary N) is 1. The van der Waals surface area contributed by atoms with Crippen LogP contribution in [0.15, 0.2) is 18.3 Å². The van der Waals surface area contributed by atoms with Gasteiger partial charge < -0.3 is 11.1 Å². The van der Waals surface area contributed by atoms with Crippen molar-refractivity contribution in [2.24, 2.45) is 5.73 Å². The van der Waals surface area contributed by atoms with E-state index in [0.717, 1.165) is 36.5 Å². The van der Waals surface area contributed by atoms with Gasteiger partial charge in [0.2, 0.25) is 0 Å². The van der Waals surface area contributed by atoms with Crippen molar-refractivity contribution in [3.8, 4) is 0 Å². The van der Waals surface area contributed by atoms with E-state index in [9.17, 15) is 0 Å². The zero-order valence-electron chi connectivity index (χ0n) is 9.06. The van der Waals surface area contributed by atoms with E-state index < -0.39 is 0 Å². The summed E-state index contributed by atoms with van der Waals surface area (Å²) >= 11 is 0.